The summed E-state index contributed by atoms with van der Waals surface area (Å²) in [5.74, 6) is 1.72. The molecule has 3 aromatic carbocycles. The molecule has 0 saturated carbocycles. The van der Waals surface area contributed by atoms with E-state index in [9.17, 15) is 4.39 Å². The van der Waals surface area contributed by atoms with Crippen LogP contribution >= 0.6 is 11.6 Å². The number of halogens is 2. The summed E-state index contributed by atoms with van der Waals surface area (Å²) in [7, 11) is 1.63. The fourth-order valence-corrected chi connectivity index (χ4v) is 4.58. The lowest BCUT2D eigenvalue weighted by molar-refractivity contribution is 0.222. The van der Waals surface area contributed by atoms with Crippen LogP contribution in [-0.2, 0) is 0 Å². The van der Waals surface area contributed by atoms with Crippen LogP contribution in [0.2, 0.25) is 5.02 Å². The molecule has 0 aliphatic carbocycles. The number of nitrogens with one attached hydrogen (secondary N) is 1. The minimum Gasteiger partial charge on any atom is -0.497 e. The number of rotatable bonds is 3. The van der Waals surface area contributed by atoms with Gasteiger partial charge in [0.05, 0.1) is 12.8 Å². The number of benzene rings is 3. The normalized spacial score (nSPS) is 18.5. The number of anilines is 1. The number of methoxy groups -OCH3 is 1. The SMILES string of the molecule is COc1ccc2c(c1)C1=C([C@@H](c3ccc(Cl)cc3)O2)[C@@H](c2ccc(F)cc2)n2ncnc2N1. The third-order valence-electron chi connectivity index (χ3n) is 5.98. The van der Waals surface area contributed by atoms with Gasteiger partial charge in [-0.15, -0.1) is 0 Å². The molecule has 0 saturated heterocycles. The van der Waals surface area contributed by atoms with Crippen molar-refractivity contribution in [1.82, 2.24) is 14.8 Å². The summed E-state index contributed by atoms with van der Waals surface area (Å²) in [4.78, 5) is 4.41. The molecule has 3 heterocycles. The lowest BCUT2D eigenvalue weighted by Crippen LogP contribution is -2.32. The van der Waals surface area contributed by atoms with E-state index in [0.717, 1.165) is 28.0 Å². The van der Waals surface area contributed by atoms with Crippen LogP contribution < -0.4 is 14.8 Å². The Morgan fingerprint density at radius 3 is 2.55 bits per heavy atom. The van der Waals surface area contributed by atoms with Crippen LogP contribution in [0.15, 0.2) is 78.6 Å². The predicted octanol–water partition coefficient (Wildman–Crippen LogP) is 5.64. The summed E-state index contributed by atoms with van der Waals surface area (Å²) in [5, 5.41) is 8.56. The summed E-state index contributed by atoms with van der Waals surface area (Å²) in [6.45, 7) is 0. The van der Waals surface area contributed by atoms with Crippen LogP contribution in [0.5, 0.6) is 11.5 Å². The fourth-order valence-electron chi connectivity index (χ4n) is 4.45. The van der Waals surface area contributed by atoms with Gasteiger partial charge in [-0.1, -0.05) is 35.9 Å². The Morgan fingerprint density at radius 2 is 1.79 bits per heavy atom. The molecular formula is C25H18ClFN4O2. The smallest absolute Gasteiger partial charge is 0.226 e. The average Bonchev–Trinajstić information content (AvgIpc) is 3.31. The summed E-state index contributed by atoms with van der Waals surface area (Å²) in [6.07, 6.45) is 1.07. The zero-order valence-corrected chi connectivity index (χ0v) is 18.3. The Kier molecular flexibility index (Phi) is 4.58. The zero-order chi connectivity index (χ0) is 22.5. The summed E-state index contributed by atoms with van der Waals surface area (Å²) >= 11 is 6.16. The van der Waals surface area contributed by atoms with E-state index in [1.807, 2.05) is 42.5 Å². The molecule has 0 spiro atoms. The minimum absolute atomic E-state index is 0.301. The molecule has 8 heteroatoms. The lowest BCUT2D eigenvalue weighted by Gasteiger charge is -2.39. The molecule has 164 valence electrons. The summed E-state index contributed by atoms with van der Waals surface area (Å²) in [6, 6.07) is 19.3. The van der Waals surface area contributed by atoms with E-state index in [4.69, 9.17) is 21.1 Å². The zero-order valence-electron chi connectivity index (χ0n) is 17.5. The number of fused-ring (bicyclic) bond motifs is 3. The highest BCUT2D eigenvalue weighted by Crippen LogP contribution is 2.51. The number of hydrogen-bond acceptors (Lipinski definition) is 5. The van der Waals surface area contributed by atoms with Gasteiger partial charge < -0.3 is 14.8 Å². The second-order valence-electron chi connectivity index (χ2n) is 7.85. The number of nitrogens with zero attached hydrogens (tertiary/aromatic N) is 3. The molecule has 1 aromatic heterocycles. The highest BCUT2D eigenvalue weighted by molar-refractivity contribution is 6.30. The lowest BCUT2D eigenvalue weighted by atomic mass is 9.84. The molecule has 0 fully saturated rings. The predicted molar refractivity (Wildman–Crippen MR) is 123 cm³/mol. The van der Waals surface area contributed by atoms with E-state index >= 15 is 0 Å². The van der Waals surface area contributed by atoms with E-state index in [0.29, 0.717) is 22.5 Å². The van der Waals surface area contributed by atoms with Crippen molar-refractivity contribution in [2.45, 2.75) is 12.1 Å². The van der Waals surface area contributed by atoms with Crippen LogP contribution in [-0.4, -0.2) is 21.9 Å². The first-order valence-electron chi connectivity index (χ1n) is 10.4. The van der Waals surface area contributed by atoms with Crippen LogP contribution in [0.1, 0.15) is 28.8 Å². The Morgan fingerprint density at radius 1 is 1.03 bits per heavy atom. The topological polar surface area (TPSA) is 61.2 Å². The Hall–Kier alpha value is -3.84. The highest BCUT2D eigenvalue weighted by atomic mass is 35.5. The molecule has 2 aliphatic heterocycles. The van der Waals surface area contributed by atoms with E-state index in [1.165, 1.54) is 18.5 Å². The van der Waals surface area contributed by atoms with Gasteiger partial charge in [0.1, 0.15) is 35.8 Å². The van der Waals surface area contributed by atoms with E-state index in [2.05, 4.69) is 15.4 Å². The van der Waals surface area contributed by atoms with Gasteiger partial charge in [-0.05, 0) is 53.6 Å². The number of aromatic nitrogens is 3. The van der Waals surface area contributed by atoms with Crippen LogP contribution in [0.4, 0.5) is 10.3 Å². The molecule has 33 heavy (non-hydrogen) atoms. The number of hydrogen-bond donors (Lipinski definition) is 1. The fraction of sp³-hybridized carbons (Fsp3) is 0.120. The monoisotopic (exact) mass is 460 g/mol. The molecule has 1 N–H and O–H groups in total. The van der Waals surface area contributed by atoms with Crippen LogP contribution in [0, 0.1) is 5.82 Å². The molecular weight excluding hydrogens is 443 g/mol. The van der Waals surface area contributed by atoms with Crippen molar-refractivity contribution in [2.24, 2.45) is 0 Å². The third kappa shape index (κ3) is 3.24. The Balaban J connectivity index is 1.62. The van der Waals surface area contributed by atoms with Crippen LogP contribution in [0.3, 0.4) is 0 Å². The maximum absolute atomic E-state index is 13.8. The molecule has 2 aliphatic rings. The second-order valence-corrected chi connectivity index (χ2v) is 8.29. The van der Waals surface area contributed by atoms with Crippen molar-refractivity contribution in [3.8, 4) is 11.5 Å². The molecule has 6 nitrogen and oxygen atoms in total. The molecule has 6 rings (SSSR count). The quantitative estimate of drug-likeness (QED) is 0.428. The molecule has 2 atom stereocenters. The standard InChI is InChI=1S/C25H18ClFN4O2/c1-32-18-10-11-20-19(12-18)22-21(24(33-20)15-2-6-16(26)7-3-15)23(14-4-8-17(27)9-5-14)31-25(30-22)28-13-29-31/h2-13,23-24H,1H3,(H,28,29,30)/t23-,24-/m1/s1. The average molecular weight is 461 g/mol. The molecule has 0 bridgehead atoms. The first-order chi connectivity index (χ1) is 16.1. The summed E-state index contributed by atoms with van der Waals surface area (Å²) in [5.41, 5.74) is 4.46. The minimum atomic E-state index is -0.432. The summed E-state index contributed by atoms with van der Waals surface area (Å²) < 4.78 is 27.6. The van der Waals surface area contributed by atoms with Crippen molar-refractivity contribution in [3.05, 3.63) is 106 Å². The number of ether oxygens (including phenoxy) is 2. The van der Waals surface area contributed by atoms with Gasteiger partial charge in [0.15, 0.2) is 0 Å². The molecule has 0 amide bonds. The van der Waals surface area contributed by atoms with Crippen molar-refractivity contribution >= 4 is 23.2 Å². The van der Waals surface area contributed by atoms with Gasteiger partial charge in [-0.25, -0.2) is 9.07 Å². The first-order valence-corrected chi connectivity index (χ1v) is 10.8. The maximum atomic E-state index is 13.8. The molecule has 4 aromatic rings. The third-order valence-corrected chi connectivity index (χ3v) is 6.23. The highest BCUT2D eigenvalue weighted by Gasteiger charge is 2.41. The van der Waals surface area contributed by atoms with Gasteiger partial charge >= 0.3 is 0 Å². The van der Waals surface area contributed by atoms with Gasteiger partial charge in [-0.3, -0.25) is 0 Å². The van der Waals surface area contributed by atoms with Gasteiger partial charge in [0.2, 0.25) is 5.95 Å². The Labute approximate surface area is 194 Å². The molecule has 0 radical (unpaired) electrons. The van der Waals surface area contributed by atoms with Crippen LogP contribution in [0.25, 0.3) is 5.70 Å². The maximum Gasteiger partial charge on any atom is 0.226 e. The van der Waals surface area contributed by atoms with E-state index < -0.39 is 6.10 Å². The Bertz CT molecular complexity index is 1380. The van der Waals surface area contributed by atoms with Crippen molar-refractivity contribution in [3.63, 3.8) is 0 Å². The first kappa shape index (κ1) is 19.8. The molecule has 0 unspecified atom stereocenters. The second kappa shape index (κ2) is 7.64. The van der Waals surface area contributed by atoms with Crippen molar-refractivity contribution < 1.29 is 13.9 Å². The van der Waals surface area contributed by atoms with Gasteiger partial charge in [0.25, 0.3) is 0 Å². The van der Waals surface area contributed by atoms with Gasteiger partial charge in [0, 0.05) is 16.2 Å². The van der Waals surface area contributed by atoms with E-state index in [1.54, 1.807) is 23.9 Å². The van der Waals surface area contributed by atoms with Gasteiger partial charge in [-0.2, -0.15) is 10.1 Å². The van der Waals surface area contributed by atoms with E-state index in [-0.39, 0.29) is 11.9 Å². The van der Waals surface area contributed by atoms with Crippen molar-refractivity contribution in [1.29, 1.82) is 0 Å². The van der Waals surface area contributed by atoms with Crippen molar-refractivity contribution in [2.75, 3.05) is 12.4 Å². The largest absolute Gasteiger partial charge is 0.497 e.